The Kier molecular flexibility index (Phi) is 6.10. The number of rotatable bonds is 5. The molecule has 7 nitrogen and oxygen atoms in total. The number of carbonyl (C=O) groups is 1. The van der Waals surface area contributed by atoms with Gasteiger partial charge in [-0.25, -0.2) is 9.37 Å². The molecular weight excluding hydrogens is 483 g/mol. The van der Waals surface area contributed by atoms with Gasteiger partial charge in [0.15, 0.2) is 17.3 Å². The average Bonchev–Trinajstić information content (AvgIpc) is 2.88. The summed E-state index contributed by atoms with van der Waals surface area (Å²) < 4.78 is 21.7. The Labute approximate surface area is 209 Å². The molecule has 9 heteroatoms. The molecule has 0 saturated heterocycles. The third kappa shape index (κ3) is 4.37. The molecule has 0 fully saturated rings. The van der Waals surface area contributed by atoms with Crippen LogP contribution in [0.5, 0.6) is 11.5 Å². The van der Waals surface area contributed by atoms with Crippen LogP contribution in [0.3, 0.4) is 0 Å². The maximum Gasteiger partial charge on any atom is 0.268 e. The number of fused-ring (bicyclic) bond motifs is 1. The third-order valence-corrected chi connectivity index (χ3v) is 5.84. The number of ether oxygens (including phenoxy) is 1. The summed E-state index contributed by atoms with van der Waals surface area (Å²) in [4.78, 5) is 30.3. The van der Waals surface area contributed by atoms with E-state index in [0.717, 1.165) is 6.07 Å². The van der Waals surface area contributed by atoms with Crippen molar-refractivity contribution in [1.29, 1.82) is 0 Å². The monoisotopic (exact) mass is 500 g/mol. The molecule has 5 aromatic rings. The minimum Gasteiger partial charge on any atom is -0.453 e. The number of nitrogens with two attached hydrogens (primary N) is 1. The van der Waals surface area contributed by atoms with Gasteiger partial charge in [0, 0.05) is 29.7 Å². The van der Waals surface area contributed by atoms with Crippen molar-refractivity contribution in [3.63, 3.8) is 0 Å². The van der Waals surface area contributed by atoms with E-state index < -0.39 is 17.3 Å². The molecule has 178 valence electrons. The van der Waals surface area contributed by atoms with Crippen LogP contribution in [0.15, 0.2) is 95.9 Å². The molecule has 0 spiro atoms. The Morgan fingerprint density at radius 2 is 1.72 bits per heavy atom. The van der Waals surface area contributed by atoms with Gasteiger partial charge in [-0.1, -0.05) is 48.0 Å². The van der Waals surface area contributed by atoms with Gasteiger partial charge in [0.25, 0.3) is 11.5 Å². The summed E-state index contributed by atoms with van der Waals surface area (Å²) >= 11 is 6.05. The summed E-state index contributed by atoms with van der Waals surface area (Å²) in [7, 11) is 0. The number of hydrogen-bond acceptors (Lipinski definition) is 5. The van der Waals surface area contributed by atoms with Crippen molar-refractivity contribution < 1.29 is 13.9 Å². The van der Waals surface area contributed by atoms with E-state index >= 15 is 0 Å². The number of nitrogens with zero attached hydrogens (tertiary/aromatic N) is 2. The van der Waals surface area contributed by atoms with Gasteiger partial charge in [0.05, 0.1) is 5.52 Å². The first-order chi connectivity index (χ1) is 17.4. The maximum absolute atomic E-state index is 14.8. The van der Waals surface area contributed by atoms with Crippen molar-refractivity contribution >= 4 is 39.9 Å². The number of nitrogen functional groups attached to an aromatic ring is 1. The van der Waals surface area contributed by atoms with Crippen LogP contribution >= 0.6 is 11.6 Å². The van der Waals surface area contributed by atoms with Crippen LogP contribution in [-0.4, -0.2) is 15.5 Å². The Balaban J connectivity index is 1.47. The fourth-order valence-corrected chi connectivity index (χ4v) is 3.91. The highest BCUT2D eigenvalue weighted by Gasteiger charge is 2.18. The van der Waals surface area contributed by atoms with Crippen molar-refractivity contribution in [2.75, 3.05) is 11.1 Å². The lowest BCUT2D eigenvalue weighted by atomic mass is 10.1. The Morgan fingerprint density at radius 3 is 2.50 bits per heavy atom. The topological polar surface area (TPSA) is 99.2 Å². The van der Waals surface area contributed by atoms with Crippen LogP contribution in [0.1, 0.15) is 10.4 Å². The molecule has 0 radical (unpaired) electrons. The van der Waals surface area contributed by atoms with E-state index in [-0.39, 0.29) is 33.6 Å². The molecule has 5 rings (SSSR count). The summed E-state index contributed by atoms with van der Waals surface area (Å²) in [6, 6.07) is 23.1. The van der Waals surface area contributed by atoms with Crippen molar-refractivity contribution in [1.82, 2.24) is 9.55 Å². The molecule has 0 saturated carbocycles. The zero-order valence-corrected chi connectivity index (χ0v) is 19.4. The van der Waals surface area contributed by atoms with Gasteiger partial charge >= 0.3 is 0 Å². The third-order valence-electron chi connectivity index (χ3n) is 5.46. The standard InChI is InChI=1S/C27H18ClFN4O3/c28-24-23(12-13-31-25(24)30)36-22-11-10-17(15-20(22)29)32-26(34)19-14-16-6-4-5-9-21(16)33(27(19)35)18-7-2-1-3-8-18/h1-15H,(H2,30,31)(H,32,34). The Bertz CT molecular complexity index is 1670. The Morgan fingerprint density at radius 1 is 0.972 bits per heavy atom. The van der Waals surface area contributed by atoms with Crippen LogP contribution in [0.2, 0.25) is 5.02 Å². The normalized spacial score (nSPS) is 10.8. The fraction of sp³-hybridized carbons (Fsp3) is 0. The molecule has 0 aliphatic rings. The maximum atomic E-state index is 14.8. The molecule has 0 aliphatic heterocycles. The molecule has 3 aromatic carbocycles. The second-order valence-corrected chi connectivity index (χ2v) is 8.18. The molecule has 0 unspecified atom stereocenters. The summed E-state index contributed by atoms with van der Waals surface area (Å²) in [6.07, 6.45) is 1.38. The first-order valence-electron chi connectivity index (χ1n) is 10.8. The number of hydrogen-bond donors (Lipinski definition) is 2. The van der Waals surface area contributed by atoms with E-state index in [2.05, 4.69) is 10.3 Å². The highest BCUT2D eigenvalue weighted by atomic mass is 35.5. The van der Waals surface area contributed by atoms with Gasteiger partial charge in [-0.15, -0.1) is 0 Å². The van der Waals surface area contributed by atoms with Crippen molar-refractivity contribution in [3.8, 4) is 17.2 Å². The number of anilines is 2. The minimum atomic E-state index is -0.751. The van der Waals surface area contributed by atoms with Crippen LogP contribution in [0.4, 0.5) is 15.9 Å². The van der Waals surface area contributed by atoms with Crippen molar-refractivity contribution in [2.24, 2.45) is 0 Å². The predicted octanol–water partition coefficient (Wildman–Crippen LogP) is 5.81. The van der Waals surface area contributed by atoms with Gasteiger partial charge in [-0.05, 0) is 41.8 Å². The summed E-state index contributed by atoms with van der Waals surface area (Å²) in [5.41, 5.74) is 6.49. The summed E-state index contributed by atoms with van der Waals surface area (Å²) in [5, 5.41) is 3.35. The second kappa shape index (κ2) is 9.52. The first kappa shape index (κ1) is 23.1. The lowest BCUT2D eigenvalue weighted by molar-refractivity contribution is 0.102. The fourth-order valence-electron chi connectivity index (χ4n) is 3.75. The SMILES string of the molecule is Nc1nccc(Oc2ccc(NC(=O)c3cc4ccccc4n(-c4ccccc4)c3=O)cc2F)c1Cl. The number of pyridine rings is 2. The van der Waals surface area contributed by atoms with E-state index in [1.54, 1.807) is 12.1 Å². The number of carbonyl (C=O) groups excluding carboxylic acids is 1. The minimum absolute atomic E-state index is 0.0509. The smallest absolute Gasteiger partial charge is 0.268 e. The Hall–Kier alpha value is -4.69. The molecule has 0 aliphatic carbocycles. The van der Waals surface area contributed by atoms with Gasteiger partial charge in [-0.2, -0.15) is 0 Å². The number of aromatic nitrogens is 2. The van der Waals surface area contributed by atoms with E-state index in [9.17, 15) is 14.0 Å². The molecule has 1 amide bonds. The van der Waals surface area contributed by atoms with Crippen LogP contribution < -0.4 is 21.3 Å². The molecule has 3 N–H and O–H groups in total. The molecule has 36 heavy (non-hydrogen) atoms. The van der Waals surface area contributed by atoms with Crippen LogP contribution in [-0.2, 0) is 0 Å². The van der Waals surface area contributed by atoms with Crippen molar-refractivity contribution in [3.05, 3.63) is 118 Å². The van der Waals surface area contributed by atoms with Gasteiger partial charge in [0.2, 0.25) is 0 Å². The van der Waals surface area contributed by atoms with Crippen LogP contribution in [0.25, 0.3) is 16.6 Å². The molecule has 2 heterocycles. The van der Waals surface area contributed by atoms with E-state index in [1.807, 2.05) is 42.5 Å². The zero-order valence-electron chi connectivity index (χ0n) is 18.6. The largest absolute Gasteiger partial charge is 0.453 e. The molecule has 2 aromatic heterocycles. The van der Waals surface area contributed by atoms with E-state index in [0.29, 0.717) is 16.6 Å². The number of benzene rings is 3. The first-order valence-corrected chi connectivity index (χ1v) is 11.2. The summed E-state index contributed by atoms with van der Waals surface area (Å²) in [6.45, 7) is 0. The molecule has 0 atom stereocenters. The number of halogens is 2. The number of nitrogens with one attached hydrogen (secondary N) is 1. The molecule has 0 bridgehead atoms. The lowest BCUT2D eigenvalue weighted by Crippen LogP contribution is -2.28. The number of amides is 1. The molecular formula is C27H18ClFN4O3. The van der Waals surface area contributed by atoms with Gasteiger partial charge < -0.3 is 15.8 Å². The van der Waals surface area contributed by atoms with Crippen molar-refractivity contribution in [2.45, 2.75) is 0 Å². The van der Waals surface area contributed by atoms with Gasteiger partial charge in [-0.3, -0.25) is 14.2 Å². The second-order valence-electron chi connectivity index (χ2n) is 7.80. The zero-order chi connectivity index (χ0) is 25.2. The lowest BCUT2D eigenvalue weighted by Gasteiger charge is -2.14. The predicted molar refractivity (Wildman–Crippen MR) is 138 cm³/mol. The highest BCUT2D eigenvalue weighted by molar-refractivity contribution is 6.34. The quantitative estimate of drug-likeness (QED) is 0.317. The van der Waals surface area contributed by atoms with Crippen LogP contribution in [0, 0.1) is 5.82 Å². The number of para-hydroxylation sites is 2. The van der Waals surface area contributed by atoms with Gasteiger partial charge in [0.1, 0.15) is 16.4 Å². The van der Waals surface area contributed by atoms with E-state index in [4.69, 9.17) is 22.1 Å². The average molecular weight is 501 g/mol. The summed E-state index contributed by atoms with van der Waals surface area (Å²) in [5.74, 6) is -1.36. The van der Waals surface area contributed by atoms with E-state index in [1.165, 1.54) is 35.0 Å². The highest BCUT2D eigenvalue weighted by Crippen LogP contribution is 2.34.